The molecule has 1 aliphatic carbocycles. The molecule has 180 valence electrons. The minimum atomic E-state index is -0.579. The van der Waals surface area contributed by atoms with Gasteiger partial charge >= 0.3 is 17.8 Å². The van der Waals surface area contributed by atoms with Gasteiger partial charge < -0.3 is 9.47 Å². The summed E-state index contributed by atoms with van der Waals surface area (Å²) in [4.78, 5) is 40.1. The maximum atomic E-state index is 14.0. The van der Waals surface area contributed by atoms with E-state index in [2.05, 4.69) is 0 Å². The van der Waals surface area contributed by atoms with E-state index in [0.717, 1.165) is 5.39 Å². The number of benzene rings is 4. The lowest BCUT2D eigenvalue weighted by Gasteiger charge is -2.32. The monoisotopic (exact) mass is 488 g/mol. The Balaban J connectivity index is 1.37. The zero-order valence-electron chi connectivity index (χ0n) is 20.0. The van der Waals surface area contributed by atoms with Gasteiger partial charge in [0.2, 0.25) is 0 Å². The lowest BCUT2D eigenvalue weighted by Crippen LogP contribution is -2.57. The molecule has 6 rings (SSSR count). The molecule has 0 radical (unpaired) electrons. The molecule has 0 aromatic heterocycles. The number of amides is 2. The molecule has 0 spiro atoms. The van der Waals surface area contributed by atoms with E-state index < -0.39 is 10.5 Å². The fraction of sp³-hybridized carbons (Fsp3) is 0.0645. The van der Waals surface area contributed by atoms with Gasteiger partial charge in [-0.15, -0.1) is 0 Å². The number of para-hydroxylation sites is 1. The van der Waals surface area contributed by atoms with Crippen LogP contribution in [-0.4, -0.2) is 24.8 Å². The summed E-state index contributed by atoms with van der Waals surface area (Å²) in [6.07, 6.45) is 5.96. The molecule has 6 heteroatoms. The molecule has 2 amide bonds. The topological polar surface area (TPSA) is 69.7 Å². The third-order valence-electron chi connectivity index (χ3n) is 6.80. The number of hydrogen-bond acceptors (Lipinski definition) is 5. The number of nitrogens with zero attached hydrogens (tertiary/aromatic N) is 1. The lowest BCUT2D eigenvalue weighted by atomic mass is 9.91. The number of hydrogen-bond donors (Lipinski definition) is 0. The van der Waals surface area contributed by atoms with Gasteiger partial charge in [-0.05, 0) is 54.3 Å². The zero-order chi connectivity index (χ0) is 25.6. The van der Waals surface area contributed by atoms with Crippen LogP contribution < -0.4 is 14.0 Å². The Hall–Kier alpha value is -4.81. The Morgan fingerprint density at radius 3 is 2.27 bits per heavy atom. The van der Waals surface area contributed by atoms with E-state index in [1.54, 1.807) is 55.6 Å². The van der Waals surface area contributed by atoms with Crippen LogP contribution >= 0.6 is 0 Å². The van der Waals surface area contributed by atoms with E-state index >= 15 is 0 Å². The minimum absolute atomic E-state index is 0.327. The first-order chi connectivity index (χ1) is 17.9. The fourth-order valence-electron chi connectivity index (χ4n) is 4.82. The van der Waals surface area contributed by atoms with Gasteiger partial charge in [-0.2, -0.15) is 4.48 Å². The molecule has 4 aromatic carbocycles. The Kier molecular flexibility index (Phi) is 5.32. The van der Waals surface area contributed by atoms with Crippen molar-refractivity contribution in [1.82, 2.24) is 4.48 Å². The van der Waals surface area contributed by atoms with Crippen molar-refractivity contribution in [2.24, 2.45) is 0 Å². The van der Waals surface area contributed by atoms with Crippen molar-refractivity contribution in [2.75, 3.05) is 7.05 Å². The van der Waals surface area contributed by atoms with E-state index in [-0.39, 0.29) is 11.8 Å². The molecule has 1 aliphatic heterocycles. The van der Waals surface area contributed by atoms with Gasteiger partial charge in [-0.3, -0.25) is 0 Å². The molecule has 1 heterocycles. The second kappa shape index (κ2) is 8.69. The van der Waals surface area contributed by atoms with Crippen molar-refractivity contribution in [3.05, 3.63) is 120 Å². The van der Waals surface area contributed by atoms with Gasteiger partial charge in [0.15, 0.2) is 0 Å². The predicted octanol–water partition coefficient (Wildman–Crippen LogP) is 6.36. The number of ether oxygens (including phenoxy) is 2. The predicted molar refractivity (Wildman–Crippen MR) is 141 cm³/mol. The summed E-state index contributed by atoms with van der Waals surface area (Å²) in [5.41, 5.74) is 1.92. The molecule has 2 aliphatic rings. The molecular formula is C31H22NO5+. The quantitative estimate of drug-likeness (QED) is 0.142. The van der Waals surface area contributed by atoms with Crippen LogP contribution in [0, 0.1) is 0 Å². The first kappa shape index (κ1) is 22.6. The summed E-state index contributed by atoms with van der Waals surface area (Å²) in [7, 11) is 1.59. The summed E-state index contributed by atoms with van der Waals surface area (Å²) in [6.45, 7) is 0. The van der Waals surface area contributed by atoms with Crippen molar-refractivity contribution >= 4 is 34.2 Å². The summed E-state index contributed by atoms with van der Waals surface area (Å²) < 4.78 is 10.9. The Labute approximate surface area is 213 Å². The smallest absolute Gasteiger partial charge is 0.359 e. The molecule has 37 heavy (non-hydrogen) atoms. The maximum absolute atomic E-state index is 14.0. The number of quaternary nitrogens is 1. The molecule has 0 bridgehead atoms. The Morgan fingerprint density at radius 1 is 0.784 bits per heavy atom. The van der Waals surface area contributed by atoms with Crippen LogP contribution in [0.4, 0.5) is 5.69 Å². The highest BCUT2D eigenvalue weighted by Crippen LogP contribution is 2.40. The number of esters is 1. The van der Waals surface area contributed by atoms with Crippen LogP contribution in [0.1, 0.15) is 27.1 Å². The molecule has 1 atom stereocenters. The van der Waals surface area contributed by atoms with Gasteiger partial charge in [0.1, 0.15) is 22.9 Å². The van der Waals surface area contributed by atoms with Crippen LogP contribution in [0.15, 0.2) is 109 Å². The molecule has 0 fully saturated rings. The third-order valence-corrected chi connectivity index (χ3v) is 6.80. The van der Waals surface area contributed by atoms with Crippen LogP contribution in [0.25, 0.3) is 10.8 Å². The number of imide groups is 1. The van der Waals surface area contributed by atoms with Crippen molar-refractivity contribution in [3.8, 4) is 17.2 Å². The standard InChI is InChI=1S/C31H22NO5/c1-32(22-14-16-24(17-15-22)37-31(35)20-8-5-6-9-20)29(33)26-13-7-10-21-18-25(19-27(28(21)26)30(32)34)36-23-11-3-2-4-12-23/h2-8,10-19H,9H2,1H3/q+1. The van der Waals surface area contributed by atoms with Gasteiger partial charge in [-0.25, -0.2) is 14.4 Å². The average molecular weight is 489 g/mol. The zero-order valence-corrected chi connectivity index (χ0v) is 20.0. The van der Waals surface area contributed by atoms with Crippen LogP contribution in [0.3, 0.4) is 0 Å². The Morgan fingerprint density at radius 2 is 1.54 bits per heavy atom. The number of allylic oxidation sites excluding steroid dienone is 3. The molecule has 6 nitrogen and oxygen atoms in total. The van der Waals surface area contributed by atoms with E-state index in [0.29, 0.717) is 51.4 Å². The summed E-state index contributed by atoms with van der Waals surface area (Å²) in [5.74, 6) is 0.390. The first-order valence-corrected chi connectivity index (χ1v) is 11.9. The lowest BCUT2D eigenvalue weighted by molar-refractivity contribution is -0.130. The SMILES string of the molecule is C[N+]1(c2ccc(OC(=O)C3=CC=CC3)cc2)C(=O)c2cccc3cc(Oc4ccccc4)cc(c23)C1=O. The molecule has 0 saturated carbocycles. The maximum Gasteiger partial charge on any atom is 0.359 e. The van der Waals surface area contributed by atoms with Crippen molar-refractivity contribution < 1.29 is 23.9 Å². The highest BCUT2D eigenvalue weighted by Gasteiger charge is 2.49. The summed E-state index contributed by atoms with van der Waals surface area (Å²) in [5, 5.41) is 1.38. The van der Waals surface area contributed by atoms with Crippen LogP contribution in [0.2, 0.25) is 0 Å². The first-order valence-electron chi connectivity index (χ1n) is 11.9. The Bertz CT molecular complexity index is 1650. The van der Waals surface area contributed by atoms with Crippen molar-refractivity contribution in [2.45, 2.75) is 6.42 Å². The van der Waals surface area contributed by atoms with E-state index in [1.165, 1.54) is 0 Å². The van der Waals surface area contributed by atoms with Gasteiger partial charge in [0, 0.05) is 23.1 Å². The highest BCUT2D eigenvalue weighted by atomic mass is 16.5. The van der Waals surface area contributed by atoms with Crippen LogP contribution in [0.5, 0.6) is 17.2 Å². The molecule has 0 N–H and O–H groups in total. The summed E-state index contributed by atoms with van der Waals surface area (Å²) >= 11 is 0. The van der Waals surface area contributed by atoms with Crippen LogP contribution in [-0.2, 0) is 4.79 Å². The number of rotatable bonds is 5. The third kappa shape index (κ3) is 3.75. The molecule has 1 unspecified atom stereocenters. The van der Waals surface area contributed by atoms with Gasteiger partial charge in [0.05, 0.1) is 18.2 Å². The summed E-state index contributed by atoms with van der Waals surface area (Å²) in [6, 6.07) is 24.8. The number of carbonyl (C=O) groups is 3. The molecule has 4 aromatic rings. The largest absolute Gasteiger partial charge is 0.457 e. The van der Waals surface area contributed by atoms with E-state index in [4.69, 9.17) is 9.47 Å². The van der Waals surface area contributed by atoms with Crippen molar-refractivity contribution in [3.63, 3.8) is 0 Å². The van der Waals surface area contributed by atoms with Gasteiger partial charge in [0.25, 0.3) is 0 Å². The second-order valence-electron chi connectivity index (χ2n) is 9.11. The number of carbonyl (C=O) groups excluding carboxylic acids is 3. The highest BCUT2D eigenvalue weighted by molar-refractivity contribution is 6.31. The molecular weight excluding hydrogens is 466 g/mol. The van der Waals surface area contributed by atoms with Gasteiger partial charge in [-0.1, -0.05) is 48.6 Å². The molecule has 0 saturated heterocycles. The van der Waals surface area contributed by atoms with E-state index in [1.807, 2.05) is 54.6 Å². The average Bonchev–Trinajstić information content (AvgIpc) is 3.47. The normalized spacial score (nSPS) is 18.1. The minimum Gasteiger partial charge on any atom is -0.457 e. The van der Waals surface area contributed by atoms with Crippen molar-refractivity contribution in [1.29, 1.82) is 0 Å². The fourth-order valence-corrected chi connectivity index (χ4v) is 4.82. The second-order valence-corrected chi connectivity index (χ2v) is 9.11. The van der Waals surface area contributed by atoms with E-state index in [9.17, 15) is 14.4 Å².